The van der Waals surface area contributed by atoms with E-state index in [0.29, 0.717) is 0 Å². The molecule has 0 bridgehead atoms. The lowest BCUT2D eigenvalue weighted by Gasteiger charge is -2.30. The average molecular weight is 200 g/mol. The summed E-state index contributed by atoms with van der Waals surface area (Å²) in [6.07, 6.45) is 3.76. The molecule has 0 radical (unpaired) electrons. The molecule has 1 aliphatic rings. The van der Waals surface area contributed by atoms with Crippen LogP contribution in [0.2, 0.25) is 0 Å². The van der Waals surface area contributed by atoms with Crippen LogP contribution < -0.4 is 0 Å². The smallest absolute Gasteiger partial charge is 0.123 e. The molecule has 0 spiro atoms. The highest BCUT2D eigenvalue weighted by atomic mass is 15.2. The van der Waals surface area contributed by atoms with Crippen LogP contribution in [0.15, 0.2) is 30.3 Å². The quantitative estimate of drug-likeness (QED) is 0.734. The van der Waals surface area contributed by atoms with E-state index in [1.165, 1.54) is 19.3 Å². The van der Waals surface area contributed by atoms with Gasteiger partial charge in [0.2, 0.25) is 0 Å². The summed E-state index contributed by atoms with van der Waals surface area (Å²) in [5.41, 5.74) is 1.13. The maximum Gasteiger partial charge on any atom is 0.123 e. The van der Waals surface area contributed by atoms with Gasteiger partial charge in [0.15, 0.2) is 0 Å². The molecule has 0 aliphatic carbocycles. The summed E-state index contributed by atoms with van der Waals surface area (Å²) in [6, 6.07) is 12.5. The summed E-state index contributed by atoms with van der Waals surface area (Å²) in [5.74, 6) is 0. The van der Waals surface area contributed by atoms with Gasteiger partial charge in [0.25, 0.3) is 0 Å². The van der Waals surface area contributed by atoms with Gasteiger partial charge in [-0.2, -0.15) is 5.26 Å². The van der Waals surface area contributed by atoms with Gasteiger partial charge in [-0.05, 0) is 31.5 Å². The predicted molar refractivity (Wildman–Crippen MR) is 60.2 cm³/mol. The van der Waals surface area contributed by atoms with Crippen LogP contribution in [0, 0.1) is 11.3 Å². The first-order chi connectivity index (χ1) is 7.42. The molecule has 2 rings (SSSR count). The second-order valence-electron chi connectivity index (χ2n) is 4.04. The molecule has 0 unspecified atom stereocenters. The van der Waals surface area contributed by atoms with Crippen molar-refractivity contribution in [1.29, 1.82) is 5.26 Å². The monoisotopic (exact) mass is 200 g/mol. The van der Waals surface area contributed by atoms with Crippen LogP contribution >= 0.6 is 0 Å². The Hall–Kier alpha value is -1.33. The molecule has 1 saturated heterocycles. The zero-order valence-corrected chi connectivity index (χ0v) is 8.89. The topological polar surface area (TPSA) is 27.0 Å². The summed E-state index contributed by atoms with van der Waals surface area (Å²) >= 11 is 0. The lowest BCUT2D eigenvalue weighted by Crippen LogP contribution is -2.33. The number of hydrogen-bond donors (Lipinski definition) is 0. The van der Waals surface area contributed by atoms with Crippen molar-refractivity contribution in [3.8, 4) is 6.07 Å². The van der Waals surface area contributed by atoms with Gasteiger partial charge in [-0.25, -0.2) is 0 Å². The maximum atomic E-state index is 9.24. The van der Waals surface area contributed by atoms with E-state index in [4.69, 9.17) is 0 Å². The fourth-order valence-corrected chi connectivity index (χ4v) is 2.18. The minimum absolute atomic E-state index is 0.0495. The summed E-state index contributed by atoms with van der Waals surface area (Å²) in [5, 5.41) is 9.24. The molecule has 1 aromatic rings. The standard InChI is InChI=1S/C13H16N2/c14-11-13(12-7-3-1-4-8-12)15-9-5-2-6-10-15/h1,3-4,7-8,13H,2,5-6,9-10H2/t13-/m0/s1. The van der Waals surface area contributed by atoms with Crippen LogP contribution in [0.4, 0.5) is 0 Å². The molecule has 1 heterocycles. The maximum absolute atomic E-state index is 9.24. The Kier molecular flexibility index (Phi) is 3.37. The van der Waals surface area contributed by atoms with Crippen molar-refractivity contribution in [3.63, 3.8) is 0 Å². The molecule has 78 valence electrons. The van der Waals surface area contributed by atoms with Crippen molar-refractivity contribution in [1.82, 2.24) is 4.90 Å². The highest BCUT2D eigenvalue weighted by Crippen LogP contribution is 2.23. The Balaban J connectivity index is 2.14. The van der Waals surface area contributed by atoms with Crippen LogP contribution in [-0.2, 0) is 0 Å². The highest BCUT2D eigenvalue weighted by Gasteiger charge is 2.21. The lowest BCUT2D eigenvalue weighted by molar-refractivity contribution is 0.196. The fraction of sp³-hybridized carbons (Fsp3) is 0.462. The van der Waals surface area contributed by atoms with Crippen molar-refractivity contribution in [2.45, 2.75) is 25.3 Å². The molecule has 2 heteroatoms. The Morgan fingerprint density at radius 1 is 1.07 bits per heavy atom. The zero-order chi connectivity index (χ0) is 10.5. The van der Waals surface area contributed by atoms with Gasteiger partial charge in [-0.3, -0.25) is 4.90 Å². The molecule has 0 N–H and O–H groups in total. The van der Waals surface area contributed by atoms with Gasteiger partial charge in [-0.1, -0.05) is 36.8 Å². The van der Waals surface area contributed by atoms with E-state index in [0.717, 1.165) is 18.7 Å². The van der Waals surface area contributed by atoms with E-state index < -0.39 is 0 Å². The molecule has 1 aliphatic heterocycles. The molecule has 0 aromatic heterocycles. The summed E-state index contributed by atoms with van der Waals surface area (Å²) < 4.78 is 0. The number of benzene rings is 1. The van der Waals surface area contributed by atoms with Crippen molar-refractivity contribution in [2.75, 3.05) is 13.1 Å². The van der Waals surface area contributed by atoms with Gasteiger partial charge in [0, 0.05) is 0 Å². The first-order valence-electron chi connectivity index (χ1n) is 5.60. The minimum atomic E-state index is -0.0495. The number of piperidine rings is 1. The fourth-order valence-electron chi connectivity index (χ4n) is 2.18. The van der Waals surface area contributed by atoms with Crippen LogP contribution in [0.25, 0.3) is 0 Å². The first kappa shape index (κ1) is 10.2. The van der Waals surface area contributed by atoms with Crippen LogP contribution in [0.1, 0.15) is 30.9 Å². The molecule has 0 amide bonds. The predicted octanol–water partition coefficient (Wildman–Crippen LogP) is 2.74. The van der Waals surface area contributed by atoms with Gasteiger partial charge >= 0.3 is 0 Å². The lowest BCUT2D eigenvalue weighted by atomic mass is 10.0. The summed E-state index contributed by atoms with van der Waals surface area (Å²) in [6.45, 7) is 2.13. The molecule has 1 atom stereocenters. The van der Waals surface area contributed by atoms with Gasteiger partial charge < -0.3 is 0 Å². The number of likely N-dealkylation sites (tertiary alicyclic amines) is 1. The van der Waals surface area contributed by atoms with Crippen molar-refractivity contribution >= 4 is 0 Å². The van der Waals surface area contributed by atoms with E-state index in [-0.39, 0.29) is 6.04 Å². The second-order valence-corrected chi connectivity index (χ2v) is 4.04. The van der Waals surface area contributed by atoms with Crippen LogP contribution in [0.5, 0.6) is 0 Å². The average Bonchev–Trinajstić information content (AvgIpc) is 2.33. The summed E-state index contributed by atoms with van der Waals surface area (Å²) in [4.78, 5) is 2.29. The SMILES string of the molecule is N#C[C@@H](c1ccccc1)N1CCCCC1. The van der Waals surface area contributed by atoms with E-state index in [1.54, 1.807) is 0 Å². The van der Waals surface area contributed by atoms with Crippen molar-refractivity contribution in [3.05, 3.63) is 35.9 Å². The highest BCUT2D eigenvalue weighted by molar-refractivity contribution is 5.24. The number of hydrogen-bond acceptors (Lipinski definition) is 2. The van der Waals surface area contributed by atoms with Crippen LogP contribution in [-0.4, -0.2) is 18.0 Å². The molecule has 15 heavy (non-hydrogen) atoms. The minimum Gasteiger partial charge on any atom is -0.284 e. The second kappa shape index (κ2) is 4.95. The largest absolute Gasteiger partial charge is 0.284 e. The molecule has 0 saturated carbocycles. The number of nitriles is 1. The van der Waals surface area contributed by atoms with E-state index >= 15 is 0 Å². The van der Waals surface area contributed by atoms with Crippen molar-refractivity contribution < 1.29 is 0 Å². The van der Waals surface area contributed by atoms with Gasteiger partial charge in [0.05, 0.1) is 6.07 Å². The Morgan fingerprint density at radius 2 is 1.73 bits per heavy atom. The Bertz CT molecular complexity index is 333. The number of nitrogens with zero attached hydrogens (tertiary/aromatic N) is 2. The van der Waals surface area contributed by atoms with E-state index in [1.807, 2.05) is 30.3 Å². The molecule has 1 fully saturated rings. The first-order valence-corrected chi connectivity index (χ1v) is 5.60. The third-order valence-electron chi connectivity index (χ3n) is 2.99. The number of rotatable bonds is 2. The van der Waals surface area contributed by atoms with E-state index in [9.17, 15) is 5.26 Å². The third kappa shape index (κ3) is 2.37. The van der Waals surface area contributed by atoms with Crippen molar-refractivity contribution in [2.24, 2.45) is 0 Å². The Labute approximate surface area is 91.1 Å². The molecule has 1 aromatic carbocycles. The third-order valence-corrected chi connectivity index (χ3v) is 2.99. The molecular formula is C13H16N2. The normalized spacial score (nSPS) is 19.4. The van der Waals surface area contributed by atoms with E-state index in [2.05, 4.69) is 11.0 Å². The summed E-state index contributed by atoms with van der Waals surface area (Å²) in [7, 11) is 0. The van der Waals surface area contributed by atoms with Gasteiger partial charge in [0.1, 0.15) is 6.04 Å². The Morgan fingerprint density at radius 3 is 2.33 bits per heavy atom. The molecular weight excluding hydrogens is 184 g/mol. The molecule has 2 nitrogen and oxygen atoms in total. The van der Waals surface area contributed by atoms with Crippen LogP contribution in [0.3, 0.4) is 0 Å². The zero-order valence-electron chi connectivity index (χ0n) is 8.89. The van der Waals surface area contributed by atoms with Gasteiger partial charge in [-0.15, -0.1) is 0 Å².